The Morgan fingerprint density at radius 1 is 1.21 bits per heavy atom. The highest BCUT2D eigenvalue weighted by molar-refractivity contribution is 6.40. The SMILES string of the molecule is Cc1cccc(N2N=C(C(=O)N(CC(=O)N(C)C)CC(F)(F)F)CCC2=O)c1. The molecule has 1 aliphatic heterocycles. The minimum absolute atomic E-state index is 0.0694. The molecular weight excluding hydrogens is 377 g/mol. The summed E-state index contributed by atoms with van der Waals surface area (Å²) in [6.45, 7) is -0.503. The van der Waals surface area contributed by atoms with Crippen LogP contribution < -0.4 is 5.01 Å². The van der Waals surface area contributed by atoms with Gasteiger partial charge in [0, 0.05) is 26.9 Å². The number of likely N-dealkylation sites (N-methyl/N-ethyl adjacent to an activating group) is 1. The summed E-state index contributed by atoms with van der Waals surface area (Å²) in [5, 5.41) is 5.01. The minimum Gasteiger partial charge on any atom is -0.347 e. The summed E-state index contributed by atoms with van der Waals surface area (Å²) < 4.78 is 38.7. The molecule has 7 nitrogen and oxygen atoms in total. The van der Waals surface area contributed by atoms with Crippen molar-refractivity contribution in [2.75, 3.05) is 32.2 Å². The minimum atomic E-state index is -4.68. The van der Waals surface area contributed by atoms with E-state index in [0.717, 1.165) is 15.5 Å². The van der Waals surface area contributed by atoms with Crippen LogP contribution in [0.25, 0.3) is 0 Å². The van der Waals surface area contributed by atoms with Crippen LogP contribution in [0, 0.1) is 6.92 Å². The molecule has 0 spiro atoms. The predicted molar refractivity (Wildman–Crippen MR) is 96.7 cm³/mol. The molecule has 152 valence electrons. The lowest BCUT2D eigenvalue weighted by Gasteiger charge is -2.28. The van der Waals surface area contributed by atoms with Gasteiger partial charge in [-0.25, -0.2) is 5.01 Å². The number of rotatable bonds is 5. The Kier molecular flexibility index (Phi) is 6.42. The van der Waals surface area contributed by atoms with Gasteiger partial charge in [0.1, 0.15) is 18.8 Å². The second-order valence-corrected chi connectivity index (χ2v) is 6.66. The van der Waals surface area contributed by atoms with Crippen molar-refractivity contribution in [3.63, 3.8) is 0 Å². The summed E-state index contributed by atoms with van der Waals surface area (Å²) in [5.41, 5.74) is 1.08. The van der Waals surface area contributed by atoms with Crippen LogP contribution >= 0.6 is 0 Å². The summed E-state index contributed by atoms with van der Waals surface area (Å²) in [7, 11) is 2.77. The Hall–Kier alpha value is -2.91. The maximum absolute atomic E-state index is 12.9. The molecule has 1 aromatic carbocycles. The van der Waals surface area contributed by atoms with Gasteiger partial charge in [0.05, 0.1) is 5.69 Å². The Morgan fingerprint density at radius 2 is 1.89 bits per heavy atom. The normalized spacial score (nSPS) is 14.6. The number of carbonyl (C=O) groups excluding carboxylic acids is 3. The van der Waals surface area contributed by atoms with E-state index < -0.39 is 31.1 Å². The average Bonchev–Trinajstić information content (AvgIpc) is 2.59. The molecule has 1 heterocycles. The highest BCUT2D eigenvalue weighted by atomic mass is 19.4. The van der Waals surface area contributed by atoms with Crippen LogP contribution in [0.15, 0.2) is 29.4 Å². The van der Waals surface area contributed by atoms with Gasteiger partial charge < -0.3 is 9.80 Å². The molecule has 0 saturated heterocycles. The van der Waals surface area contributed by atoms with E-state index in [-0.39, 0.29) is 24.5 Å². The first-order valence-corrected chi connectivity index (χ1v) is 8.51. The number of anilines is 1. The van der Waals surface area contributed by atoms with Gasteiger partial charge in [-0.3, -0.25) is 14.4 Å². The fourth-order valence-corrected chi connectivity index (χ4v) is 2.57. The highest BCUT2D eigenvalue weighted by Crippen LogP contribution is 2.23. The van der Waals surface area contributed by atoms with Crippen molar-refractivity contribution < 1.29 is 27.6 Å². The van der Waals surface area contributed by atoms with E-state index in [1.54, 1.807) is 18.2 Å². The van der Waals surface area contributed by atoms with Crippen LogP contribution in [0.1, 0.15) is 18.4 Å². The van der Waals surface area contributed by atoms with Crippen molar-refractivity contribution in [3.05, 3.63) is 29.8 Å². The predicted octanol–water partition coefficient (Wildman–Crippen LogP) is 1.96. The summed E-state index contributed by atoms with van der Waals surface area (Å²) in [5.74, 6) is -2.04. The number of benzene rings is 1. The van der Waals surface area contributed by atoms with Crippen molar-refractivity contribution in [1.82, 2.24) is 9.80 Å². The molecule has 0 bridgehead atoms. The highest BCUT2D eigenvalue weighted by Gasteiger charge is 2.37. The third-order valence-electron chi connectivity index (χ3n) is 4.01. The molecular formula is C18H21F3N4O3. The van der Waals surface area contributed by atoms with Gasteiger partial charge in [0.25, 0.3) is 5.91 Å². The van der Waals surface area contributed by atoms with Crippen LogP contribution in [-0.2, 0) is 14.4 Å². The fraction of sp³-hybridized carbons (Fsp3) is 0.444. The number of aryl methyl sites for hydroxylation is 1. The molecule has 1 aliphatic rings. The van der Waals surface area contributed by atoms with Gasteiger partial charge in [-0.05, 0) is 24.6 Å². The zero-order chi connectivity index (χ0) is 21.1. The van der Waals surface area contributed by atoms with E-state index in [9.17, 15) is 27.6 Å². The van der Waals surface area contributed by atoms with Gasteiger partial charge in [0.15, 0.2) is 0 Å². The molecule has 0 N–H and O–H groups in total. The average molecular weight is 398 g/mol. The number of hydrogen-bond donors (Lipinski definition) is 0. The Balaban J connectivity index is 2.32. The van der Waals surface area contributed by atoms with Crippen molar-refractivity contribution in [3.8, 4) is 0 Å². The maximum atomic E-state index is 12.9. The molecule has 0 radical (unpaired) electrons. The van der Waals surface area contributed by atoms with Crippen LogP contribution in [0.3, 0.4) is 0 Å². The second kappa shape index (κ2) is 8.41. The number of carbonyl (C=O) groups is 3. The van der Waals surface area contributed by atoms with E-state index in [1.165, 1.54) is 14.1 Å². The number of alkyl halides is 3. The molecule has 0 saturated carbocycles. The van der Waals surface area contributed by atoms with Gasteiger partial charge in [-0.15, -0.1) is 0 Å². The topological polar surface area (TPSA) is 73.3 Å². The van der Waals surface area contributed by atoms with Crippen molar-refractivity contribution in [2.45, 2.75) is 25.9 Å². The van der Waals surface area contributed by atoms with Crippen LogP contribution in [0.5, 0.6) is 0 Å². The molecule has 1 aromatic rings. The summed E-state index contributed by atoms with van der Waals surface area (Å²) in [4.78, 5) is 38.2. The van der Waals surface area contributed by atoms with Gasteiger partial charge in [-0.2, -0.15) is 18.3 Å². The summed E-state index contributed by atoms with van der Waals surface area (Å²) in [6.07, 6.45) is -4.84. The van der Waals surface area contributed by atoms with Gasteiger partial charge >= 0.3 is 6.18 Å². The standard InChI is InChI=1S/C18H21F3N4O3/c1-12-5-4-6-13(9-12)25-15(26)8-7-14(22-25)17(28)24(11-18(19,20)21)10-16(27)23(2)3/h4-6,9H,7-8,10-11H2,1-3H3. The Bertz CT molecular complexity index is 806. The molecule has 2 rings (SSSR count). The summed E-state index contributed by atoms with van der Waals surface area (Å²) >= 11 is 0. The molecule has 0 aliphatic carbocycles. The van der Waals surface area contributed by atoms with E-state index in [2.05, 4.69) is 5.10 Å². The summed E-state index contributed by atoms with van der Waals surface area (Å²) in [6, 6.07) is 6.81. The molecule has 0 unspecified atom stereocenters. The lowest BCUT2D eigenvalue weighted by Crippen LogP contribution is -2.48. The van der Waals surface area contributed by atoms with Crippen LogP contribution in [-0.4, -0.2) is 66.6 Å². The number of hydrogen-bond acceptors (Lipinski definition) is 4. The molecule has 28 heavy (non-hydrogen) atoms. The van der Waals surface area contributed by atoms with E-state index >= 15 is 0 Å². The Morgan fingerprint density at radius 3 is 2.46 bits per heavy atom. The van der Waals surface area contributed by atoms with E-state index in [0.29, 0.717) is 10.6 Å². The van der Waals surface area contributed by atoms with Gasteiger partial charge in [0.2, 0.25) is 11.8 Å². The maximum Gasteiger partial charge on any atom is 0.406 e. The quantitative estimate of drug-likeness (QED) is 0.761. The Labute approximate surface area is 160 Å². The van der Waals surface area contributed by atoms with Crippen molar-refractivity contribution >= 4 is 29.1 Å². The zero-order valence-corrected chi connectivity index (χ0v) is 15.8. The van der Waals surface area contributed by atoms with E-state index in [1.807, 2.05) is 13.0 Å². The first-order valence-electron chi connectivity index (χ1n) is 8.51. The largest absolute Gasteiger partial charge is 0.406 e. The number of nitrogens with zero attached hydrogens (tertiary/aromatic N) is 4. The fourth-order valence-electron chi connectivity index (χ4n) is 2.57. The first-order chi connectivity index (χ1) is 13.0. The monoisotopic (exact) mass is 398 g/mol. The molecule has 0 fully saturated rings. The van der Waals surface area contributed by atoms with E-state index in [4.69, 9.17) is 0 Å². The third kappa shape index (κ3) is 5.54. The number of hydrazone groups is 1. The lowest BCUT2D eigenvalue weighted by atomic mass is 10.1. The second-order valence-electron chi connectivity index (χ2n) is 6.66. The molecule has 0 atom stereocenters. The number of halogens is 3. The van der Waals surface area contributed by atoms with Crippen molar-refractivity contribution in [1.29, 1.82) is 0 Å². The third-order valence-corrected chi connectivity index (χ3v) is 4.01. The molecule has 0 aromatic heterocycles. The van der Waals surface area contributed by atoms with Crippen LogP contribution in [0.2, 0.25) is 0 Å². The lowest BCUT2D eigenvalue weighted by molar-refractivity contribution is -0.160. The van der Waals surface area contributed by atoms with Crippen molar-refractivity contribution in [2.24, 2.45) is 5.10 Å². The zero-order valence-electron chi connectivity index (χ0n) is 15.8. The molecule has 3 amide bonds. The smallest absolute Gasteiger partial charge is 0.347 e. The van der Waals surface area contributed by atoms with Gasteiger partial charge in [-0.1, -0.05) is 12.1 Å². The first kappa shape index (κ1) is 21.4. The van der Waals surface area contributed by atoms with Crippen LogP contribution in [0.4, 0.5) is 18.9 Å². The number of amides is 3. The molecule has 10 heteroatoms.